The largest absolute Gasteiger partial charge is 0.391 e. The van der Waals surface area contributed by atoms with Crippen molar-refractivity contribution in [1.29, 1.82) is 0 Å². The number of nitrogens with zero attached hydrogens (tertiary/aromatic N) is 1. The highest BCUT2D eigenvalue weighted by Crippen LogP contribution is 2.10. The molecule has 1 rings (SSSR count). The van der Waals surface area contributed by atoms with Crippen LogP contribution in [0.4, 0.5) is 10.5 Å². The summed E-state index contributed by atoms with van der Waals surface area (Å²) in [5.74, 6) is 0. The maximum absolute atomic E-state index is 11.5. The third-order valence-corrected chi connectivity index (χ3v) is 2.39. The monoisotopic (exact) mass is 237 g/mol. The van der Waals surface area contributed by atoms with Crippen LogP contribution in [-0.4, -0.2) is 28.8 Å². The highest BCUT2D eigenvalue weighted by Gasteiger charge is 2.07. The fraction of sp³-hybridized carbons (Fsp3) is 0.500. The van der Waals surface area contributed by atoms with Gasteiger partial charge in [0, 0.05) is 24.6 Å². The standard InChI is InChI=1S/C12H19N3O2/c1-3-4-10(16)8-14-12(17)15-11-5-6-13-7-9(11)2/h5-7,10,16H,3-4,8H2,1-2H3,(H2,13,14,15,17). The van der Waals surface area contributed by atoms with Crippen LogP contribution in [0.3, 0.4) is 0 Å². The molecule has 3 N–H and O–H groups in total. The first kappa shape index (κ1) is 13.4. The van der Waals surface area contributed by atoms with Crippen molar-refractivity contribution in [2.75, 3.05) is 11.9 Å². The van der Waals surface area contributed by atoms with Crippen LogP contribution in [-0.2, 0) is 0 Å². The Kier molecular flexibility index (Phi) is 5.42. The van der Waals surface area contributed by atoms with Crippen LogP contribution in [0.1, 0.15) is 25.3 Å². The first-order valence-corrected chi connectivity index (χ1v) is 5.77. The minimum atomic E-state index is -0.482. The summed E-state index contributed by atoms with van der Waals surface area (Å²) in [6.07, 6.45) is 4.41. The molecule has 5 heteroatoms. The first-order valence-electron chi connectivity index (χ1n) is 5.77. The number of rotatable bonds is 5. The summed E-state index contributed by atoms with van der Waals surface area (Å²) in [6.45, 7) is 4.13. The molecular weight excluding hydrogens is 218 g/mol. The summed E-state index contributed by atoms with van der Waals surface area (Å²) in [4.78, 5) is 15.5. The molecule has 0 saturated heterocycles. The van der Waals surface area contributed by atoms with Crippen molar-refractivity contribution in [3.8, 4) is 0 Å². The fourth-order valence-corrected chi connectivity index (χ4v) is 1.43. The average Bonchev–Trinajstić information content (AvgIpc) is 2.30. The summed E-state index contributed by atoms with van der Waals surface area (Å²) in [5.41, 5.74) is 1.62. The Morgan fingerprint density at radius 1 is 1.59 bits per heavy atom. The van der Waals surface area contributed by atoms with Gasteiger partial charge in [-0.3, -0.25) is 4.98 Å². The van der Waals surface area contributed by atoms with Crippen molar-refractivity contribution in [2.24, 2.45) is 0 Å². The van der Waals surface area contributed by atoms with E-state index < -0.39 is 6.10 Å². The Morgan fingerprint density at radius 2 is 2.35 bits per heavy atom. The predicted octanol–water partition coefficient (Wildman–Crippen LogP) is 1.67. The predicted molar refractivity (Wildman–Crippen MR) is 66.9 cm³/mol. The topological polar surface area (TPSA) is 74.2 Å². The number of anilines is 1. The lowest BCUT2D eigenvalue weighted by Gasteiger charge is -2.12. The smallest absolute Gasteiger partial charge is 0.319 e. The number of aliphatic hydroxyl groups is 1. The lowest BCUT2D eigenvalue weighted by Crippen LogP contribution is -2.35. The van der Waals surface area contributed by atoms with E-state index in [1.165, 1.54) is 0 Å². The van der Waals surface area contributed by atoms with Gasteiger partial charge in [-0.1, -0.05) is 13.3 Å². The van der Waals surface area contributed by atoms with Crippen LogP contribution in [0.15, 0.2) is 18.5 Å². The maximum atomic E-state index is 11.5. The van der Waals surface area contributed by atoms with Gasteiger partial charge in [-0.25, -0.2) is 4.79 Å². The van der Waals surface area contributed by atoms with E-state index in [0.717, 1.165) is 17.7 Å². The quantitative estimate of drug-likeness (QED) is 0.729. The van der Waals surface area contributed by atoms with E-state index in [-0.39, 0.29) is 12.6 Å². The van der Waals surface area contributed by atoms with Gasteiger partial charge in [-0.05, 0) is 25.0 Å². The van der Waals surface area contributed by atoms with E-state index in [1.807, 2.05) is 13.8 Å². The van der Waals surface area contributed by atoms with Gasteiger partial charge < -0.3 is 15.7 Å². The Morgan fingerprint density at radius 3 is 3.00 bits per heavy atom. The highest BCUT2D eigenvalue weighted by atomic mass is 16.3. The number of pyridine rings is 1. The Hall–Kier alpha value is -1.62. The van der Waals surface area contributed by atoms with E-state index in [9.17, 15) is 9.90 Å². The Balaban J connectivity index is 2.37. The zero-order chi connectivity index (χ0) is 12.7. The number of aryl methyl sites for hydroxylation is 1. The van der Waals surface area contributed by atoms with Gasteiger partial charge in [0.05, 0.1) is 6.10 Å². The number of carbonyl (C=O) groups excluding carboxylic acids is 1. The molecule has 1 atom stereocenters. The average molecular weight is 237 g/mol. The molecule has 0 aliphatic carbocycles. The van der Waals surface area contributed by atoms with Gasteiger partial charge in [0.2, 0.25) is 0 Å². The number of urea groups is 1. The van der Waals surface area contributed by atoms with Crippen molar-refractivity contribution in [1.82, 2.24) is 10.3 Å². The summed E-state index contributed by atoms with van der Waals surface area (Å²) in [5, 5.41) is 14.8. The molecule has 0 aliphatic rings. The second-order valence-electron chi connectivity index (χ2n) is 3.97. The van der Waals surface area contributed by atoms with Crippen molar-refractivity contribution in [3.05, 3.63) is 24.0 Å². The summed E-state index contributed by atoms with van der Waals surface area (Å²) in [7, 11) is 0. The summed E-state index contributed by atoms with van der Waals surface area (Å²) < 4.78 is 0. The van der Waals surface area contributed by atoms with Gasteiger partial charge in [-0.2, -0.15) is 0 Å². The van der Waals surface area contributed by atoms with Crippen molar-refractivity contribution in [3.63, 3.8) is 0 Å². The molecule has 0 radical (unpaired) electrons. The lowest BCUT2D eigenvalue weighted by molar-refractivity contribution is 0.162. The fourth-order valence-electron chi connectivity index (χ4n) is 1.43. The molecule has 0 bridgehead atoms. The molecule has 1 heterocycles. The SMILES string of the molecule is CCCC(O)CNC(=O)Nc1ccncc1C. The van der Waals surface area contributed by atoms with E-state index >= 15 is 0 Å². The molecule has 0 spiro atoms. The number of amides is 2. The zero-order valence-corrected chi connectivity index (χ0v) is 10.2. The van der Waals surface area contributed by atoms with Crippen LogP contribution in [0.2, 0.25) is 0 Å². The molecular formula is C12H19N3O2. The van der Waals surface area contributed by atoms with Crippen molar-refractivity contribution >= 4 is 11.7 Å². The van der Waals surface area contributed by atoms with Gasteiger partial charge in [-0.15, -0.1) is 0 Å². The van der Waals surface area contributed by atoms with Crippen LogP contribution < -0.4 is 10.6 Å². The molecule has 17 heavy (non-hydrogen) atoms. The minimum absolute atomic E-state index is 0.268. The number of aromatic nitrogens is 1. The van der Waals surface area contributed by atoms with E-state index in [1.54, 1.807) is 18.5 Å². The van der Waals surface area contributed by atoms with E-state index in [2.05, 4.69) is 15.6 Å². The second-order valence-corrected chi connectivity index (χ2v) is 3.97. The second kappa shape index (κ2) is 6.85. The first-order chi connectivity index (χ1) is 8.13. The van der Waals surface area contributed by atoms with Gasteiger partial charge in [0.25, 0.3) is 0 Å². The van der Waals surface area contributed by atoms with Crippen LogP contribution >= 0.6 is 0 Å². The van der Waals surface area contributed by atoms with Crippen LogP contribution in [0, 0.1) is 6.92 Å². The molecule has 1 unspecified atom stereocenters. The van der Waals surface area contributed by atoms with E-state index in [4.69, 9.17) is 0 Å². The number of hydrogen-bond acceptors (Lipinski definition) is 3. The van der Waals surface area contributed by atoms with Gasteiger partial charge >= 0.3 is 6.03 Å². The normalized spacial score (nSPS) is 11.9. The molecule has 94 valence electrons. The number of hydrogen-bond donors (Lipinski definition) is 3. The van der Waals surface area contributed by atoms with Gasteiger partial charge in [0.15, 0.2) is 0 Å². The minimum Gasteiger partial charge on any atom is -0.391 e. The van der Waals surface area contributed by atoms with Crippen LogP contribution in [0.5, 0.6) is 0 Å². The zero-order valence-electron chi connectivity index (χ0n) is 10.2. The summed E-state index contributed by atoms with van der Waals surface area (Å²) >= 11 is 0. The van der Waals surface area contributed by atoms with Crippen LogP contribution in [0.25, 0.3) is 0 Å². The molecule has 1 aromatic rings. The number of carbonyl (C=O) groups is 1. The molecule has 0 saturated carbocycles. The molecule has 0 aromatic carbocycles. The Labute approximate surface area is 101 Å². The molecule has 0 fully saturated rings. The number of aliphatic hydroxyl groups excluding tert-OH is 1. The van der Waals surface area contributed by atoms with E-state index in [0.29, 0.717) is 6.42 Å². The lowest BCUT2D eigenvalue weighted by atomic mass is 10.2. The molecule has 0 aliphatic heterocycles. The molecule has 1 aromatic heterocycles. The van der Waals surface area contributed by atoms with Crippen molar-refractivity contribution in [2.45, 2.75) is 32.8 Å². The molecule has 2 amide bonds. The third kappa shape index (κ3) is 4.82. The highest BCUT2D eigenvalue weighted by molar-refractivity contribution is 5.89. The maximum Gasteiger partial charge on any atom is 0.319 e. The van der Waals surface area contributed by atoms with Gasteiger partial charge in [0.1, 0.15) is 0 Å². The third-order valence-electron chi connectivity index (χ3n) is 2.39. The molecule has 5 nitrogen and oxygen atoms in total. The Bertz CT molecular complexity index is 369. The summed E-state index contributed by atoms with van der Waals surface area (Å²) in [6, 6.07) is 1.42. The van der Waals surface area contributed by atoms with Crippen molar-refractivity contribution < 1.29 is 9.90 Å². The number of nitrogens with one attached hydrogen (secondary N) is 2.